The molecular formula is C21H24BrNO2. The Kier molecular flexibility index (Phi) is 5.48. The maximum Gasteiger partial charge on any atom is 0.255 e. The van der Waals surface area contributed by atoms with Crippen molar-refractivity contribution in [2.75, 3.05) is 13.1 Å². The van der Waals surface area contributed by atoms with Crippen LogP contribution in [0.2, 0.25) is 0 Å². The van der Waals surface area contributed by atoms with Crippen LogP contribution in [-0.2, 0) is 6.61 Å². The van der Waals surface area contributed by atoms with E-state index in [0.29, 0.717) is 17.6 Å². The van der Waals surface area contributed by atoms with E-state index in [1.807, 2.05) is 53.4 Å². The molecule has 1 saturated heterocycles. The van der Waals surface area contributed by atoms with E-state index in [1.54, 1.807) is 0 Å². The van der Waals surface area contributed by atoms with Crippen molar-refractivity contribution in [2.24, 2.45) is 5.41 Å². The molecule has 1 amide bonds. The lowest BCUT2D eigenvalue weighted by atomic mass is 9.82. The third kappa shape index (κ3) is 4.63. The number of hydrogen-bond acceptors (Lipinski definition) is 2. The van der Waals surface area contributed by atoms with Crippen LogP contribution in [0.4, 0.5) is 0 Å². The first-order valence-corrected chi connectivity index (χ1v) is 9.49. The van der Waals surface area contributed by atoms with Crippen molar-refractivity contribution in [2.45, 2.75) is 33.3 Å². The minimum Gasteiger partial charge on any atom is -0.489 e. The first-order chi connectivity index (χ1) is 11.9. The molecule has 3 nitrogen and oxygen atoms in total. The van der Waals surface area contributed by atoms with Gasteiger partial charge in [-0.3, -0.25) is 4.79 Å². The average Bonchev–Trinajstić information content (AvgIpc) is 2.60. The van der Waals surface area contributed by atoms with E-state index in [0.717, 1.165) is 41.7 Å². The van der Waals surface area contributed by atoms with Gasteiger partial charge in [-0.1, -0.05) is 44.2 Å². The Morgan fingerprint density at radius 2 is 1.80 bits per heavy atom. The van der Waals surface area contributed by atoms with Gasteiger partial charge in [-0.05, 0) is 57.9 Å². The predicted octanol–water partition coefficient (Wildman–Crippen LogP) is 5.29. The summed E-state index contributed by atoms with van der Waals surface area (Å²) in [6.45, 7) is 6.70. The first-order valence-electron chi connectivity index (χ1n) is 8.70. The Bertz CT molecular complexity index is 733. The summed E-state index contributed by atoms with van der Waals surface area (Å²) in [5.41, 5.74) is 2.16. The van der Waals surface area contributed by atoms with Gasteiger partial charge < -0.3 is 9.64 Å². The Balaban J connectivity index is 1.64. The molecule has 0 aromatic heterocycles. The number of likely N-dealkylation sites (tertiary alicyclic amines) is 1. The van der Waals surface area contributed by atoms with Crippen LogP contribution >= 0.6 is 15.9 Å². The van der Waals surface area contributed by atoms with Crippen LogP contribution < -0.4 is 4.74 Å². The standard InChI is InChI=1S/C21H24BrNO2/c1-21(2)10-12-23(13-11-21)20(24)18-9-8-17(14-19(18)22)25-15-16-6-4-3-5-7-16/h3-9,14H,10-13,15H2,1-2H3. The summed E-state index contributed by atoms with van der Waals surface area (Å²) >= 11 is 3.54. The van der Waals surface area contributed by atoms with Crippen molar-refractivity contribution >= 4 is 21.8 Å². The number of nitrogens with zero attached hydrogens (tertiary/aromatic N) is 1. The SMILES string of the molecule is CC1(C)CCN(C(=O)c2ccc(OCc3ccccc3)cc2Br)CC1. The van der Waals surface area contributed by atoms with Crippen molar-refractivity contribution in [3.63, 3.8) is 0 Å². The zero-order valence-corrected chi connectivity index (χ0v) is 16.4. The van der Waals surface area contributed by atoms with E-state index >= 15 is 0 Å². The fraction of sp³-hybridized carbons (Fsp3) is 0.381. The highest BCUT2D eigenvalue weighted by Crippen LogP contribution is 2.31. The van der Waals surface area contributed by atoms with Gasteiger partial charge in [-0.15, -0.1) is 0 Å². The summed E-state index contributed by atoms with van der Waals surface area (Å²) in [4.78, 5) is 14.7. The Labute approximate surface area is 158 Å². The monoisotopic (exact) mass is 401 g/mol. The molecule has 0 radical (unpaired) electrons. The molecule has 0 saturated carbocycles. The second kappa shape index (κ2) is 7.61. The van der Waals surface area contributed by atoms with E-state index < -0.39 is 0 Å². The molecule has 1 aliphatic heterocycles. The fourth-order valence-corrected chi connectivity index (χ4v) is 3.51. The Morgan fingerprint density at radius 1 is 1.12 bits per heavy atom. The smallest absolute Gasteiger partial charge is 0.255 e. The average molecular weight is 402 g/mol. The second-order valence-corrected chi connectivity index (χ2v) is 8.23. The molecule has 4 heteroatoms. The van der Waals surface area contributed by atoms with Crippen LogP contribution in [0.1, 0.15) is 42.6 Å². The summed E-state index contributed by atoms with van der Waals surface area (Å²) in [5.74, 6) is 0.851. The van der Waals surface area contributed by atoms with E-state index in [1.165, 1.54) is 0 Å². The van der Waals surface area contributed by atoms with Crippen LogP contribution in [0.15, 0.2) is 53.0 Å². The van der Waals surface area contributed by atoms with Gasteiger partial charge in [0.15, 0.2) is 0 Å². The normalized spacial score (nSPS) is 16.5. The lowest BCUT2D eigenvalue weighted by molar-refractivity contribution is 0.0629. The highest BCUT2D eigenvalue weighted by molar-refractivity contribution is 9.10. The number of carbonyl (C=O) groups is 1. The molecule has 2 aromatic carbocycles. The van der Waals surface area contributed by atoms with E-state index in [2.05, 4.69) is 29.8 Å². The third-order valence-corrected chi connectivity index (χ3v) is 5.48. The molecule has 132 valence electrons. The van der Waals surface area contributed by atoms with Crippen molar-refractivity contribution in [3.05, 3.63) is 64.1 Å². The molecule has 2 aromatic rings. The van der Waals surface area contributed by atoms with Gasteiger partial charge >= 0.3 is 0 Å². The van der Waals surface area contributed by atoms with Crippen LogP contribution in [0.3, 0.4) is 0 Å². The fourth-order valence-electron chi connectivity index (χ4n) is 2.99. The molecular weight excluding hydrogens is 378 g/mol. The lowest BCUT2D eigenvalue weighted by Crippen LogP contribution is -2.41. The summed E-state index contributed by atoms with van der Waals surface area (Å²) in [5, 5.41) is 0. The van der Waals surface area contributed by atoms with Crippen LogP contribution in [0, 0.1) is 5.41 Å². The number of rotatable bonds is 4. The van der Waals surface area contributed by atoms with Crippen molar-refractivity contribution in [3.8, 4) is 5.75 Å². The van der Waals surface area contributed by atoms with Gasteiger partial charge in [0.05, 0.1) is 5.56 Å². The van der Waals surface area contributed by atoms with Gasteiger partial charge in [-0.25, -0.2) is 0 Å². The quantitative estimate of drug-likeness (QED) is 0.696. The molecule has 0 atom stereocenters. The maximum atomic E-state index is 12.8. The topological polar surface area (TPSA) is 29.5 Å². The number of carbonyl (C=O) groups excluding carboxylic acids is 1. The van der Waals surface area contributed by atoms with Crippen molar-refractivity contribution in [1.29, 1.82) is 0 Å². The summed E-state index contributed by atoms with van der Waals surface area (Å²) < 4.78 is 6.61. The zero-order chi connectivity index (χ0) is 17.9. The Morgan fingerprint density at radius 3 is 2.44 bits per heavy atom. The van der Waals surface area contributed by atoms with Crippen molar-refractivity contribution in [1.82, 2.24) is 4.90 Å². The molecule has 0 N–H and O–H groups in total. The second-order valence-electron chi connectivity index (χ2n) is 7.37. The molecule has 3 rings (SSSR count). The van der Waals surface area contributed by atoms with E-state index in [9.17, 15) is 4.79 Å². The van der Waals surface area contributed by atoms with E-state index in [-0.39, 0.29) is 5.91 Å². The number of piperidine rings is 1. The molecule has 0 spiro atoms. The summed E-state index contributed by atoms with van der Waals surface area (Å²) in [7, 11) is 0. The lowest BCUT2D eigenvalue weighted by Gasteiger charge is -2.37. The van der Waals surface area contributed by atoms with Gasteiger partial charge in [0, 0.05) is 17.6 Å². The molecule has 25 heavy (non-hydrogen) atoms. The summed E-state index contributed by atoms with van der Waals surface area (Å²) in [6.07, 6.45) is 2.10. The number of hydrogen-bond donors (Lipinski definition) is 0. The largest absolute Gasteiger partial charge is 0.489 e. The summed E-state index contributed by atoms with van der Waals surface area (Å²) in [6, 6.07) is 15.6. The van der Waals surface area contributed by atoms with Crippen molar-refractivity contribution < 1.29 is 9.53 Å². The van der Waals surface area contributed by atoms with Crippen LogP contribution in [-0.4, -0.2) is 23.9 Å². The molecule has 0 bridgehead atoms. The minimum absolute atomic E-state index is 0.0944. The van der Waals surface area contributed by atoms with Crippen LogP contribution in [0.25, 0.3) is 0 Å². The highest BCUT2D eigenvalue weighted by Gasteiger charge is 2.29. The van der Waals surface area contributed by atoms with Gasteiger partial charge in [0.2, 0.25) is 0 Å². The predicted molar refractivity (Wildman–Crippen MR) is 104 cm³/mol. The number of benzene rings is 2. The molecule has 0 unspecified atom stereocenters. The van der Waals surface area contributed by atoms with Gasteiger partial charge in [0.1, 0.15) is 12.4 Å². The zero-order valence-electron chi connectivity index (χ0n) is 14.8. The molecule has 1 aliphatic rings. The van der Waals surface area contributed by atoms with Gasteiger partial charge in [-0.2, -0.15) is 0 Å². The number of amides is 1. The number of halogens is 1. The minimum atomic E-state index is 0.0944. The number of ether oxygens (including phenoxy) is 1. The third-order valence-electron chi connectivity index (χ3n) is 4.82. The first kappa shape index (κ1) is 18.0. The van der Waals surface area contributed by atoms with Gasteiger partial charge in [0.25, 0.3) is 5.91 Å². The maximum absolute atomic E-state index is 12.8. The van der Waals surface area contributed by atoms with Crippen LogP contribution in [0.5, 0.6) is 5.75 Å². The molecule has 0 aliphatic carbocycles. The van der Waals surface area contributed by atoms with E-state index in [4.69, 9.17) is 4.74 Å². The molecule has 1 heterocycles. The highest BCUT2D eigenvalue weighted by atomic mass is 79.9. The molecule has 1 fully saturated rings. The Hall–Kier alpha value is -1.81.